The Morgan fingerprint density at radius 1 is 0.846 bits per heavy atom. The number of rotatable bonds is 8. The fourth-order valence-electron chi connectivity index (χ4n) is 8.71. The maximum absolute atomic E-state index is 12.5. The van der Waals surface area contributed by atoms with E-state index in [1.807, 2.05) is 6.07 Å². The van der Waals surface area contributed by atoms with Gasteiger partial charge in [0.1, 0.15) is 30.0 Å². The van der Waals surface area contributed by atoms with Gasteiger partial charge in [-0.15, -0.1) is 0 Å². The SMILES string of the molecule is COc1c(O)c(OC2CCCCC2)cc([C@@H]2Oc3cc(OCCO)c4c5c3[C@@H](CSSCC[C@@H](C)CC[C@@H](c3cc(O)ccc3-4)[C@@H]5CO)[C@H]2O)c1O. The Balaban J connectivity index is 1.43. The molecule has 2 bridgehead atoms. The molecule has 0 unspecified atom stereocenters. The molecule has 4 aliphatic rings. The minimum Gasteiger partial charge on any atom is -0.508 e. The Bertz CT molecular complexity index is 1740. The number of aliphatic hydroxyl groups is 3. The Morgan fingerprint density at radius 3 is 2.40 bits per heavy atom. The largest absolute Gasteiger partial charge is 0.508 e. The summed E-state index contributed by atoms with van der Waals surface area (Å²) in [5, 5.41) is 67.0. The first kappa shape index (κ1) is 37.2. The van der Waals surface area contributed by atoms with E-state index in [1.165, 1.54) is 7.11 Å². The topological polar surface area (TPSA) is 158 Å². The van der Waals surface area contributed by atoms with Gasteiger partial charge in [0.05, 0.1) is 26.4 Å². The zero-order valence-electron chi connectivity index (χ0n) is 29.8. The van der Waals surface area contributed by atoms with Crippen molar-refractivity contribution in [2.75, 3.05) is 38.4 Å². The van der Waals surface area contributed by atoms with Crippen molar-refractivity contribution in [3.63, 3.8) is 0 Å². The molecule has 1 saturated carbocycles. The third-order valence-corrected chi connectivity index (χ3v) is 13.8. The molecule has 6 N–H and O–H groups in total. The van der Waals surface area contributed by atoms with Gasteiger partial charge in [-0.05, 0) is 85.3 Å². The van der Waals surface area contributed by atoms with Crippen LogP contribution < -0.4 is 18.9 Å². The second kappa shape index (κ2) is 16.1. The highest BCUT2D eigenvalue weighted by molar-refractivity contribution is 8.76. The molecule has 3 aromatic rings. The van der Waals surface area contributed by atoms with E-state index in [4.69, 9.17) is 18.9 Å². The summed E-state index contributed by atoms with van der Waals surface area (Å²) in [5.41, 5.74) is 4.41. The molecule has 6 atom stereocenters. The molecule has 0 saturated heterocycles. The van der Waals surface area contributed by atoms with Gasteiger partial charge in [-0.25, -0.2) is 0 Å². The van der Waals surface area contributed by atoms with Crippen LogP contribution in [0.2, 0.25) is 0 Å². The summed E-state index contributed by atoms with van der Waals surface area (Å²) in [4.78, 5) is 0. The van der Waals surface area contributed by atoms with Gasteiger partial charge >= 0.3 is 0 Å². The molecular formula is C40H50O10S2. The normalized spacial score (nSPS) is 26.2. The minimum absolute atomic E-state index is 0.0170. The molecule has 0 aromatic heterocycles. The molecular weight excluding hydrogens is 705 g/mol. The predicted molar refractivity (Wildman–Crippen MR) is 203 cm³/mol. The van der Waals surface area contributed by atoms with Crippen molar-refractivity contribution in [3.05, 3.63) is 52.6 Å². The molecule has 0 spiro atoms. The van der Waals surface area contributed by atoms with Gasteiger partial charge in [-0.1, -0.05) is 47.4 Å². The number of ether oxygens (including phenoxy) is 4. The number of benzene rings is 3. The average molecular weight is 755 g/mol. The third-order valence-electron chi connectivity index (χ3n) is 11.4. The fourth-order valence-corrected chi connectivity index (χ4v) is 11.3. The number of phenols is 3. The van der Waals surface area contributed by atoms with E-state index in [2.05, 4.69) is 6.92 Å². The molecule has 0 radical (unpaired) electrons. The Kier molecular flexibility index (Phi) is 11.5. The number of phenolic OH excluding ortho intramolecular Hbond substituents is 3. The lowest BCUT2D eigenvalue weighted by Crippen LogP contribution is -2.38. The molecule has 52 heavy (non-hydrogen) atoms. The number of aliphatic hydroxyl groups excluding tert-OH is 3. The quantitative estimate of drug-likeness (QED) is 0.126. The van der Waals surface area contributed by atoms with Crippen LogP contribution in [0, 0.1) is 5.92 Å². The summed E-state index contributed by atoms with van der Waals surface area (Å²) in [6, 6.07) is 8.68. The van der Waals surface area contributed by atoms with Crippen LogP contribution in [0.3, 0.4) is 0 Å². The molecule has 0 amide bonds. The second-order valence-electron chi connectivity index (χ2n) is 14.6. The van der Waals surface area contributed by atoms with Crippen molar-refractivity contribution in [2.24, 2.45) is 5.92 Å². The molecule has 10 nitrogen and oxygen atoms in total. The van der Waals surface area contributed by atoms with Gasteiger partial charge in [-0.3, -0.25) is 0 Å². The molecule has 7 rings (SSSR count). The van der Waals surface area contributed by atoms with Crippen LogP contribution in [0.1, 0.15) is 104 Å². The highest BCUT2D eigenvalue weighted by Gasteiger charge is 2.47. The number of methoxy groups -OCH3 is 1. The van der Waals surface area contributed by atoms with E-state index in [0.717, 1.165) is 84.9 Å². The van der Waals surface area contributed by atoms with Crippen molar-refractivity contribution in [1.82, 2.24) is 0 Å². The number of aromatic hydroxyl groups is 3. The van der Waals surface area contributed by atoms with E-state index < -0.39 is 24.0 Å². The summed E-state index contributed by atoms with van der Waals surface area (Å²) >= 11 is 0. The van der Waals surface area contributed by atoms with E-state index in [9.17, 15) is 30.6 Å². The summed E-state index contributed by atoms with van der Waals surface area (Å²) < 4.78 is 24.8. The average Bonchev–Trinajstić information content (AvgIpc) is 3.15. The standard InChI is InChI=1S/C40H50O10S2/c1-21-8-10-24-26-16-22(43)9-11-25(26)33-30(48-14-13-41)18-31-34(35(33)28(24)19-42)29(20-52-51-15-12-21)37(45)39(50-31)27-17-32(38(46)40(47-2)36(27)44)49-23-6-4-3-5-7-23/h9,11,16-18,21,23-24,28-29,37,39,41-46H,3-8,10,12-15,19-20H2,1-2H3/t21-,24-,28-,29+,37+,39-/m0/s1. The van der Waals surface area contributed by atoms with E-state index >= 15 is 0 Å². The maximum Gasteiger partial charge on any atom is 0.207 e. The van der Waals surface area contributed by atoms with Gasteiger partial charge in [-0.2, -0.15) is 0 Å². The lowest BCUT2D eigenvalue weighted by molar-refractivity contribution is 0.00251. The number of hydrogen-bond donors (Lipinski definition) is 6. The monoisotopic (exact) mass is 754 g/mol. The molecule has 1 fully saturated rings. The van der Waals surface area contributed by atoms with Crippen molar-refractivity contribution in [1.29, 1.82) is 0 Å². The highest BCUT2D eigenvalue weighted by Crippen LogP contribution is 2.60. The van der Waals surface area contributed by atoms with Crippen LogP contribution in [0.25, 0.3) is 11.1 Å². The van der Waals surface area contributed by atoms with Crippen LogP contribution in [0.4, 0.5) is 0 Å². The van der Waals surface area contributed by atoms with Crippen molar-refractivity contribution in [2.45, 2.75) is 94.4 Å². The van der Waals surface area contributed by atoms with Gasteiger partial charge in [0.2, 0.25) is 11.5 Å². The molecule has 282 valence electrons. The zero-order valence-corrected chi connectivity index (χ0v) is 31.4. The minimum atomic E-state index is -1.15. The summed E-state index contributed by atoms with van der Waals surface area (Å²) in [6.45, 7) is 1.88. The maximum atomic E-state index is 12.5. The van der Waals surface area contributed by atoms with Crippen LogP contribution in [0.15, 0.2) is 30.3 Å². The van der Waals surface area contributed by atoms with Crippen molar-refractivity contribution in [3.8, 4) is 51.4 Å². The van der Waals surface area contributed by atoms with Crippen LogP contribution in [0.5, 0.6) is 40.2 Å². The van der Waals surface area contributed by atoms with Gasteiger partial charge in [0, 0.05) is 46.1 Å². The van der Waals surface area contributed by atoms with E-state index in [1.54, 1.807) is 45.9 Å². The van der Waals surface area contributed by atoms with Gasteiger partial charge < -0.3 is 49.6 Å². The lowest BCUT2D eigenvalue weighted by Gasteiger charge is -2.43. The lowest BCUT2D eigenvalue weighted by atomic mass is 9.66. The molecule has 2 aliphatic heterocycles. The van der Waals surface area contributed by atoms with Crippen molar-refractivity contribution >= 4 is 21.6 Å². The van der Waals surface area contributed by atoms with Crippen LogP contribution in [-0.4, -0.2) is 81.3 Å². The van der Waals surface area contributed by atoms with Gasteiger partial charge in [0.15, 0.2) is 17.6 Å². The second-order valence-corrected chi connectivity index (χ2v) is 17.2. The van der Waals surface area contributed by atoms with E-state index in [-0.39, 0.29) is 66.2 Å². The fraction of sp³-hybridized carbons (Fsp3) is 0.550. The smallest absolute Gasteiger partial charge is 0.207 e. The Labute approximate surface area is 312 Å². The first-order valence-corrected chi connectivity index (χ1v) is 21.0. The van der Waals surface area contributed by atoms with Crippen LogP contribution in [-0.2, 0) is 0 Å². The molecule has 12 heteroatoms. The highest BCUT2D eigenvalue weighted by atomic mass is 33.1. The molecule has 3 aromatic carbocycles. The third kappa shape index (κ3) is 6.97. The number of hydrogen-bond acceptors (Lipinski definition) is 12. The summed E-state index contributed by atoms with van der Waals surface area (Å²) in [7, 11) is 4.82. The Morgan fingerprint density at radius 2 is 1.65 bits per heavy atom. The predicted octanol–water partition coefficient (Wildman–Crippen LogP) is 7.51. The zero-order chi connectivity index (χ0) is 36.5. The first-order chi connectivity index (χ1) is 25.2. The van der Waals surface area contributed by atoms with E-state index in [0.29, 0.717) is 23.2 Å². The summed E-state index contributed by atoms with van der Waals surface area (Å²) in [6.07, 6.45) is 5.30. The van der Waals surface area contributed by atoms with Crippen molar-refractivity contribution < 1.29 is 49.6 Å². The Hall–Kier alpha value is -3.16. The molecule has 2 heterocycles. The molecule has 2 aliphatic carbocycles. The van der Waals surface area contributed by atoms with Crippen LogP contribution >= 0.6 is 21.6 Å². The van der Waals surface area contributed by atoms with Gasteiger partial charge in [0.25, 0.3) is 0 Å². The number of fused-ring (bicyclic) bond motifs is 4. The first-order valence-electron chi connectivity index (χ1n) is 18.5. The summed E-state index contributed by atoms with van der Waals surface area (Å²) in [5.74, 6) is 1.29.